The number of hydrogen-bond acceptors (Lipinski definition) is 11. The van der Waals surface area contributed by atoms with Crippen molar-refractivity contribution in [1.29, 1.82) is 0 Å². The molecule has 0 aliphatic carbocycles. The van der Waals surface area contributed by atoms with Crippen LogP contribution >= 0.6 is 0 Å². The maximum atomic E-state index is 13.1. The lowest BCUT2D eigenvalue weighted by Gasteiger charge is -2.43. The van der Waals surface area contributed by atoms with Gasteiger partial charge in [0.1, 0.15) is 5.75 Å². The molecule has 1 aromatic carbocycles. The van der Waals surface area contributed by atoms with Crippen LogP contribution in [0.4, 0.5) is 0 Å². The summed E-state index contributed by atoms with van der Waals surface area (Å²) in [7, 11) is 1.13. The molecule has 1 saturated heterocycles. The third kappa shape index (κ3) is 8.99. The van der Waals surface area contributed by atoms with Crippen LogP contribution in [0.3, 0.4) is 0 Å². The SMILES string of the molecule is COC(=O)[C@H]1O[C@@H](Oc2cc(CO)ccc2CC(=O)[C@H](C)NC(=O)[C@@H](C)C(C)C)[C@H](C)[C@@H](OC(C)=O)[C@@H]1OC(C)=O. The number of hydrogen-bond donors (Lipinski definition) is 2. The van der Waals surface area contributed by atoms with E-state index in [0.29, 0.717) is 11.1 Å². The average molecular weight is 580 g/mol. The first-order chi connectivity index (χ1) is 19.2. The van der Waals surface area contributed by atoms with Gasteiger partial charge in [-0.3, -0.25) is 19.2 Å². The molecular formula is C29H41NO11. The van der Waals surface area contributed by atoms with Crippen LogP contribution in [0.25, 0.3) is 0 Å². The lowest BCUT2D eigenvalue weighted by molar-refractivity contribution is -0.261. The largest absolute Gasteiger partial charge is 0.467 e. The molecule has 1 fully saturated rings. The van der Waals surface area contributed by atoms with Gasteiger partial charge in [-0.1, -0.05) is 39.8 Å². The van der Waals surface area contributed by atoms with Gasteiger partial charge in [-0.2, -0.15) is 0 Å². The van der Waals surface area contributed by atoms with Gasteiger partial charge in [-0.25, -0.2) is 4.79 Å². The minimum Gasteiger partial charge on any atom is -0.467 e. The highest BCUT2D eigenvalue weighted by molar-refractivity contribution is 5.91. The lowest BCUT2D eigenvalue weighted by atomic mass is 9.91. The van der Waals surface area contributed by atoms with Gasteiger partial charge >= 0.3 is 17.9 Å². The number of benzene rings is 1. The molecule has 12 nitrogen and oxygen atoms in total. The summed E-state index contributed by atoms with van der Waals surface area (Å²) in [6, 6.07) is 3.98. The molecular weight excluding hydrogens is 538 g/mol. The molecule has 1 aromatic rings. The topological polar surface area (TPSA) is 164 Å². The summed E-state index contributed by atoms with van der Waals surface area (Å²) in [6.07, 6.45) is -5.27. The zero-order valence-electron chi connectivity index (χ0n) is 24.8. The summed E-state index contributed by atoms with van der Waals surface area (Å²) < 4.78 is 27.6. The number of Topliss-reactive ketones (excluding diaryl/α,β-unsaturated/α-hetero) is 1. The second-order valence-electron chi connectivity index (χ2n) is 10.6. The lowest BCUT2D eigenvalue weighted by Crippen LogP contribution is -2.60. The van der Waals surface area contributed by atoms with E-state index in [2.05, 4.69) is 5.32 Å². The van der Waals surface area contributed by atoms with Gasteiger partial charge in [-0.05, 0) is 24.5 Å². The van der Waals surface area contributed by atoms with Gasteiger partial charge in [0.15, 0.2) is 24.1 Å². The fraction of sp³-hybridized carbons (Fsp3) is 0.621. The molecule has 41 heavy (non-hydrogen) atoms. The third-order valence-corrected chi connectivity index (χ3v) is 7.07. The summed E-state index contributed by atoms with van der Waals surface area (Å²) in [4.78, 5) is 61.9. The van der Waals surface area contributed by atoms with Crippen molar-refractivity contribution in [2.24, 2.45) is 17.8 Å². The first-order valence-corrected chi connectivity index (χ1v) is 13.5. The maximum absolute atomic E-state index is 13.1. The quantitative estimate of drug-likeness (QED) is 0.274. The van der Waals surface area contributed by atoms with Gasteiger partial charge in [0, 0.05) is 31.7 Å². The molecule has 2 N–H and O–H groups in total. The molecule has 1 heterocycles. The van der Waals surface area contributed by atoms with Crippen LogP contribution in [0.5, 0.6) is 5.75 Å². The van der Waals surface area contributed by atoms with Gasteiger partial charge in [0.25, 0.3) is 0 Å². The molecule has 0 saturated carbocycles. The summed E-state index contributed by atoms with van der Waals surface area (Å²) in [6.45, 7) is 10.8. The van der Waals surface area contributed by atoms with Crippen LogP contribution < -0.4 is 10.1 Å². The van der Waals surface area contributed by atoms with Crippen LogP contribution in [0, 0.1) is 17.8 Å². The number of methoxy groups -OCH3 is 1. The smallest absolute Gasteiger partial charge is 0.339 e. The fourth-order valence-corrected chi connectivity index (χ4v) is 4.25. The van der Waals surface area contributed by atoms with E-state index in [1.54, 1.807) is 32.9 Å². The normalized spacial score (nSPS) is 23.6. The molecule has 0 unspecified atom stereocenters. The molecule has 12 heteroatoms. The first kappa shape index (κ1) is 33.7. The van der Waals surface area contributed by atoms with Crippen molar-refractivity contribution in [2.75, 3.05) is 7.11 Å². The number of ether oxygens (including phenoxy) is 5. The van der Waals surface area contributed by atoms with Gasteiger partial charge < -0.3 is 34.1 Å². The Morgan fingerprint density at radius 2 is 1.61 bits per heavy atom. The number of aliphatic hydroxyl groups excluding tert-OH is 1. The molecule has 0 spiro atoms. The highest BCUT2D eigenvalue weighted by Crippen LogP contribution is 2.34. The molecule has 1 aliphatic rings. The number of ketones is 1. The van der Waals surface area contributed by atoms with E-state index >= 15 is 0 Å². The zero-order valence-corrected chi connectivity index (χ0v) is 24.8. The van der Waals surface area contributed by atoms with Crippen LogP contribution in [-0.4, -0.2) is 72.5 Å². The van der Waals surface area contributed by atoms with Crippen LogP contribution in [0.15, 0.2) is 18.2 Å². The van der Waals surface area contributed by atoms with Crippen molar-refractivity contribution in [1.82, 2.24) is 5.32 Å². The highest BCUT2D eigenvalue weighted by atomic mass is 16.7. The zero-order chi connectivity index (χ0) is 31.0. The van der Waals surface area contributed by atoms with Gasteiger partial charge in [0.2, 0.25) is 12.2 Å². The second kappa shape index (κ2) is 14.9. The minimum atomic E-state index is -1.49. The predicted molar refractivity (Wildman–Crippen MR) is 144 cm³/mol. The number of nitrogens with one attached hydrogen (secondary N) is 1. The van der Waals surface area contributed by atoms with E-state index in [1.807, 2.05) is 13.8 Å². The molecule has 228 valence electrons. The highest BCUT2D eigenvalue weighted by Gasteiger charge is 2.52. The van der Waals surface area contributed by atoms with Gasteiger partial charge in [0.05, 0.1) is 25.7 Å². The Morgan fingerprint density at radius 1 is 1.00 bits per heavy atom. The Hall–Kier alpha value is -3.51. The first-order valence-electron chi connectivity index (χ1n) is 13.5. The number of rotatable bonds is 12. The second-order valence-corrected chi connectivity index (χ2v) is 10.6. The summed E-state index contributed by atoms with van der Waals surface area (Å²) in [5, 5.41) is 12.5. The number of carbonyl (C=O) groups is 5. The number of carbonyl (C=O) groups excluding carboxylic acids is 5. The van der Waals surface area contributed by atoms with Crippen molar-refractivity contribution >= 4 is 29.6 Å². The van der Waals surface area contributed by atoms with E-state index in [0.717, 1.165) is 14.0 Å². The monoisotopic (exact) mass is 579 g/mol. The molecule has 0 aromatic heterocycles. The maximum Gasteiger partial charge on any atom is 0.339 e. The van der Waals surface area contributed by atoms with E-state index in [-0.39, 0.29) is 42.3 Å². The Kier molecular flexibility index (Phi) is 12.3. The van der Waals surface area contributed by atoms with Crippen molar-refractivity contribution in [2.45, 2.75) is 92.1 Å². The van der Waals surface area contributed by atoms with E-state index < -0.39 is 54.5 Å². The van der Waals surface area contributed by atoms with E-state index in [1.165, 1.54) is 13.0 Å². The van der Waals surface area contributed by atoms with E-state index in [4.69, 9.17) is 23.7 Å². The molecule has 1 aliphatic heterocycles. The fourth-order valence-electron chi connectivity index (χ4n) is 4.25. The summed E-state index contributed by atoms with van der Waals surface area (Å²) in [5.74, 6) is -3.57. The average Bonchev–Trinajstić information content (AvgIpc) is 2.91. The molecule has 2 rings (SSSR count). The Bertz CT molecular complexity index is 1120. The van der Waals surface area contributed by atoms with Gasteiger partial charge in [-0.15, -0.1) is 0 Å². The Balaban J connectivity index is 2.38. The van der Waals surface area contributed by atoms with Crippen molar-refractivity contribution < 1.29 is 52.8 Å². The number of aliphatic hydroxyl groups is 1. The summed E-state index contributed by atoms with van der Waals surface area (Å²) in [5.41, 5.74) is 0.910. The summed E-state index contributed by atoms with van der Waals surface area (Å²) >= 11 is 0. The standard InChI is InChI=1S/C29H41NO11/c1-14(2)15(3)27(35)30-17(5)22(34)12-21-10-9-20(13-31)11-23(21)40-29-16(4)24(38-18(6)32)25(39-19(7)33)26(41-29)28(36)37-8/h9-11,14-17,24-26,29,31H,12-13H2,1-8H3,(H,30,35)/t15-,16+,17-,24+,25-,26-,29+/m0/s1. The molecule has 0 radical (unpaired) electrons. The number of esters is 3. The van der Waals surface area contributed by atoms with Crippen molar-refractivity contribution in [3.8, 4) is 5.75 Å². The third-order valence-electron chi connectivity index (χ3n) is 7.07. The number of amides is 1. The predicted octanol–water partition coefficient (Wildman–Crippen LogP) is 1.86. The van der Waals surface area contributed by atoms with Crippen molar-refractivity contribution in [3.63, 3.8) is 0 Å². The molecule has 0 bridgehead atoms. The Morgan fingerprint density at radius 3 is 2.15 bits per heavy atom. The molecule has 7 atom stereocenters. The van der Waals surface area contributed by atoms with Crippen LogP contribution in [0.1, 0.15) is 59.6 Å². The van der Waals surface area contributed by atoms with E-state index in [9.17, 15) is 29.1 Å². The van der Waals surface area contributed by atoms with Crippen LogP contribution in [-0.2, 0) is 55.9 Å². The molecule has 1 amide bonds. The minimum absolute atomic E-state index is 0.103. The van der Waals surface area contributed by atoms with Crippen molar-refractivity contribution in [3.05, 3.63) is 29.3 Å². The Labute approximate surface area is 240 Å². The van der Waals surface area contributed by atoms with Crippen LogP contribution in [0.2, 0.25) is 0 Å².